The van der Waals surface area contributed by atoms with Gasteiger partial charge in [0.05, 0.1) is 23.8 Å². The quantitative estimate of drug-likeness (QED) is 0.713. The van der Waals surface area contributed by atoms with Crippen molar-refractivity contribution in [1.29, 1.82) is 0 Å². The highest BCUT2D eigenvalue weighted by Crippen LogP contribution is 2.13. The van der Waals surface area contributed by atoms with Crippen molar-refractivity contribution in [3.8, 4) is 0 Å². The number of carbonyl (C=O) groups excluding carboxylic acids is 1. The highest BCUT2D eigenvalue weighted by molar-refractivity contribution is 5.89. The number of nitrogens with zero attached hydrogens (tertiary/aromatic N) is 5. The molecule has 2 aromatic heterocycles. The average Bonchev–Trinajstić information content (AvgIpc) is 2.96. The fourth-order valence-corrected chi connectivity index (χ4v) is 3.19. The molecule has 0 saturated carbocycles. The standard InChI is InChI=1S/C18H19N5O3/c24-17-13-7-3-4-8-14(13)19-12-23(17)11-15-20-16(26-21-15)18(25)22-9-5-1-2-6-10-22/h3-4,7-8,12H,1-2,5-6,9-11H2. The second kappa shape index (κ2) is 7.07. The minimum atomic E-state index is -0.241. The van der Waals surface area contributed by atoms with Gasteiger partial charge in [-0.3, -0.25) is 14.2 Å². The predicted octanol–water partition coefficient (Wildman–Crippen LogP) is 1.84. The van der Waals surface area contributed by atoms with Crippen molar-refractivity contribution in [1.82, 2.24) is 24.6 Å². The first-order valence-electron chi connectivity index (χ1n) is 8.78. The van der Waals surface area contributed by atoms with Crippen molar-refractivity contribution in [2.75, 3.05) is 13.1 Å². The maximum absolute atomic E-state index is 12.5. The Morgan fingerprint density at radius 1 is 1.12 bits per heavy atom. The van der Waals surface area contributed by atoms with Crippen LogP contribution in [0.15, 0.2) is 39.9 Å². The van der Waals surface area contributed by atoms with Crippen molar-refractivity contribution in [3.63, 3.8) is 0 Å². The second-order valence-electron chi connectivity index (χ2n) is 6.42. The summed E-state index contributed by atoms with van der Waals surface area (Å²) in [6.45, 7) is 1.53. The molecule has 3 heterocycles. The number of hydrogen-bond acceptors (Lipinski definition) is 6. The fourth-order valence-electron chi connectivity index (χ4n) is 3.19. The normalized spacial score (nSPS) is 15.2. The summed E-state index contributed by atoms with van der Waals surface area (Å²) in [5.41, 5.74) is 0.458. The van der Waals surface area contributed by atoms with Crippen LogP contribution in [0.2, 0.25) is 0 Å². The summed E-state index contributed by atoms with van der Waals surface area (Å²) in [5.74, 6) is 0.0145. The number of amides is 1. The van der Waals surface area contributed by atoms with Gasteiger partial charge >= 0.3 is 11.8 Å². The Balaban J connectivity index is 1.54. The van der Waals surface area contributed by atoms with Crippen LogP contribution in [0.4, 0.5) is 0 Å². The lowest BCUT2D eigenvalue weighted by Gasteiger charge is -2.17. The summed E-state index contributed by atoms with van der Waals surface area (Å²) in [7, 11) is 0. The number of para-hydroxylation sites is 1. The van der Waals surface area contributed by atoms with Crippen LogP contribution in [-0.2, 0) is 6.54 Å². The fraction of sp³-hybridized carbons (Fsp3) is 0.389. The van der Waals surface area contributed by atoms with Crippen LogP contribution in [0.5, 0.6) is 0 Å². The van der Waals surface area contributed by atoms with E-state index < -0.39 is 0 Å². The molecule has 0 radical (unpaired) electrons. The Kier molecular flexibility index (Phi) is 4.47. The number of likely N-dealkylation sites (tertiary alicyclic amines) is 1. The zero-order valence-corrected chi connectivity index (χ0v) is 14.3. The summed E-state index contributed by atoms with van der Waals surface area (Å²) < 4.78 is 6.54. The molecular formula is C18H19N5O3. The van der Waals surface area contributed by atoms with Gasteiger partial charge in [-0.1, -0.05) is 30.1 Å². The molecule has 0 atom stereocenters. The van der Waals surface area contributed by atoms with Crippen LogP contribution in [0.1, 0.15) is 42.2 Å². The Morgan fingerprint density at radius 3 is 2.69 bits per heavy atom. The topological polar surface area (TPSA) is 94.1 Å². The molecule has 4 rings (SSSR count). The molecule has 8 nitrogen and oxygen atoms in total. The molecule has 1 amide bonds. The van der Waals surface area contributed by atoms with Gasteiger partial charge in [-0.25, -0.2) is 4.98 Å². The first-order valence-corrected chi connectivity index (χ1v) is 8.78. The maximum Gasteiger partial charge on any atom is 0.316 e. The van der Waals surface area contributed by atoms with Crippen LogP contribution in [-0.4, -0.2) is 43.6 Å². The zero-order chi connectivity index (χ0) is 17.9. The highest BCUT2D eigenvalue weighted by Gasteiger charge is 2.23. The van der Waals surface area contributed by atoms with E-state index in [0.717, 1.165) is 25.7 Å². The van der Waals surface area contributed by atoms with Gasteiger partial charge < -0.3 is 9.42 Å². The Hall–Kier alpha value is -3.03. The van der Waals surface area contributed by atoms with E-state index in [9.17, 15) is 9.59 Å². The van der Waals surface area contributed by atoms with E-state index in [1.165, 1.54) is 10.9 Å². The third kappa shape index (κ3) is 3.22. The molecule has 1 aliphatic heterocycles. The zero-order valence-electron chi connectivity index (χ0n) is 14.3. The van der Waals surface area contributed by atoms with E-state index in [-0.39, 0.29) is 29.7 Å². The predicted molar refractivity (Wildman–Crippen MR) is 93.8 cm³/mol. The second-order valence-corrected chi connectivity index (χ2v) is 6.42. The number of aromatic nitrogens is 4. The molecule has 134 valence electrons. The Labute approximate surface area is 149 Å². The molecular weight excluding hydrogens is 334 g/mol. The maximum atomic E-state index is 12.5. The van der Waals surface area contributed by atoms with Crippen molar-refractivity contribution in [2.24, 2.45) is 0 Å². The van der Waals surface area contributed by atoms with Gasteiger partial charge in [-0.2, -0.15) is 4.98 Å². The first kappa shape index (κ1) is 16.4. The summed E-state index contributed by atoms with van der Waals surface area (Å²) in [4.78, 5) is 35.2. The van der Waals surface area contributed by atoms with Crippen molar-refractivity contribution < 1.29 is 9.32 Å². The highest BCUT2D eigenvalue weighted by atomic mass is 16.5. The van der Waals surface area contributed by atoms with Gasteiger partial charge in [-0.05, 0) is 25.0 Å². The van der Waals surface area contributed by atoms with Gasteiger partial charge in [0, 0.05) is 13.1 Å². The molecule has 0 bridgehead atoms. The summed E-state index contributed by atoms with van der Waals surface area (Å²) in [6.07, 6.45) is 5.71. The van der Waals surface area contributed by atoms with Crippen LogP contribution >= 0.6 is 0 Å². The minimum Gasteiger partial charge on any atom is -0.334 e. The van der Waals surface area contributed by atoms with Crippen LogP contribution in [0.3, 0.4) is 0 Å². The molecule has 1 saturated heterocycles. The van der Waals surface area contributed by atoms with E-state index in [4.69, 9.17) is 4.52 Å². The van der Waals surface area contributed by atoms with E-state index in [1.54, 1.807) is 23.1 Å². The van der Waals surface area contributed by atoms with E-state index >= 15 is 0 Å². The number of benzene rings is 1. The largest absolute Gasteiger partial charge is 0.334 e. The van der Waals surface area contributed by atoms with Crippen LogP contribution < -0.4 is 5.56 Å². The average molecular weight is 353 g/mol. The molecule has 1 fully saturated rings. The summed E-state index contributed by atoms with van der Waals surface area (Å²) in [5, 5.41) is 4.38. The molecule has 0 aliphatic carbocycles. The molecule has 3 aromatic rings. The number of fused-ring (bicyclic) bond motifs is 1. The molecule has 1 aliphatic rings. The lowest BCUT2D eigenvalue weighted by atomic mass is 10.2. The lowest BCUT2D eigenvalue weighted by molar-refractivity contribution is 0.0711. The number of carbonyl (C=O) groups is 1. The molecule has 0 spiro atoms. The van der Waals surface area contributed by atoms with Crippen molar-refractivity contribution >= 4 is 16.8 Å². The van der Waals surface area contributed by atoms with Gasteiger partial charge in [0.15, 0.2) is 5.82 Å². The third-order valence-electron chi connectivity index (χ3n) is 4.59. The first-order chi connectivity index (χ1) is 12.7. The smallest absolute Gasteiger partial charge is 0.316 e. The Bertz CT molecular complexity index is 986. The lowest BCUT2D eigenvalue weighted by Crippen LogP contribution is -2.32. The minimum absolute atomic E-state index is 0.0244. The van der Waals surface area contributed by atoms with E-state index in [2.05, 4.69) is 15.1 Å². The monoisotopic (exact) mass is 353 g/mol. The molecule has 0 N–H and O–H groups in total. The Morgan fingerprint density at radius 2 is 1.88 bits per heavy atom. The van der Waals surface area contributed by atoms with Crippen LogP contribution in [0, 0.1) is 0 Å². The third-order valence-corrected chi connectivity index (χ3v) is 4.59. The molecule has 26 heavy (non-hydrogen) atoms. The van der Waals surface area contributed by atoms with E-state index in [1.807, 2.05) is 6.07 Å². The summed E-state index contributed by atoms with van der Waals surface area (Å²) in [6, 6.07) is 7.14. The van der Waals surface area contributed by atoms with Crippen molar-refractivity contribution in [2.45, 2.75) is 32.2 Å². The van der Waals surface area contributed by atoms with Gasteiger partial charge in [-0.15, -0.1) is 0 Å². The van der Waals surface area contributed by atoms with Gasteiger partial charge in [0.2, 0.25) is 0 Å². The van der Waals surface area contributed by atoms with E-state index in [0.29, 0.717) is 24.0 Å². The SMILES string of the molecule is O=C(c1nc(Cn2cnc3ccccc3c2=O)no1)N1CCCCCC1. The van der Waals surface area contributed by atoms with Crippen molar-refractivity contribution in [3.05, 3.63) is 52.7 Å². The number of hydrogen-bond donors (Lipinski definition) is 0. The molecule has 8 heteroatoms. The molecule has 1 aromatic carbocycles. The number of rotatable bonds is 3. The van der Waals surface area contributed by atoms with Gasteiger partial charge in [0.1, 0.15) is 0 Å². The van der Waals surface area contributed by atoms with Gasteiger partial charge in [0.25, 0.3) is 5.56 Å². The summed E-state index contributed by atoms with van der Waals surface area (Å²) >= 11 is 0. The van der Waals surface area contributed by atoms with Crippen LogP contribution in [0.25, 0.3) is 10.9 Å². The molecule has 0 unspecified atom stereocenters.